The Kier molecular flexibility index (Phi) is 5.71. The minimum atomic E-state index is -3.82. The second-order valence-corrected chi connectivity index (χ2v) is 8.03. The van der Waals surface area contributed by atoms with Crippen LogP contribution in [0.25, 0.3) is 0 Å². The Balaban J connectivity index is 1.56. The summed E-state index contributed by atoms with van der Waals surface area (Å²) in [4.78, 5) is 2.07. The lowest BCUT2D eigenvalue weighted by molar-refractivity contribution is 0.557. The molecule has 0 unspecified atom stereocenters. The molecule has 25 heavy (non-hydrogen) atoms. The molecule has 1 heterocycles. The Hall–Kier alpha value is -1.92. The zero-order valence-corrected chi connectivity index (χ0v) is 14.9. The van der Waals surface area contributed by atoms with Crippen LogP contribution >= 0.6 is 0 Å². The predicted octanol–water partition coefficient (Wildman–Crippen LogP) is 3.34. The average molecular weight is 362 g/mol. The Morgan fingerprint density at radius 1 is 0.960 bits per heavy atom. The lowest BCUT2D eigenvalue weighted by Crippen LogP contribution is -2.29. The van der Waals surface area contributed by atoms with E-state index in [-0.39, 0.29) is 11.4 Å². The number of piperidine rings is 1. The van der Waals surface area contributed by atoms with Crippen molar-refractivity contribution in [1.29, 1.82) is 0 Å². The van der Waals surface area contributed by atoms with E-state index in [9.17, 15) is 12.8 Å². The molecule has 0 aliphatic carbocycles. The van der Waals surface area contributed by atoms with Crippen molar-refractivity contribution >= 4 is 15.7 Å². The third-order valence-corrected chi connectivity index (χ3v) is 5.98. The average Bonchev–Trinajstić information content (AvgIpc) is 2.63. The molecule has 0 atom stereocenters. The van der Waals surface area contributed by atoms with E-state index < -0.39 is 15.8 Å². The summed E-state index contributed by atoms with van der Waals surface area (Å²) in [5.41, 5.74) is 2.27. The summed E-state index contributed by atoms with van der Waals surface area (Å²) < 4.78 is 40.4. The summed E-state index contributed by atoms with van der Waals surface area (Å²) in [6.45, 7) is 2.43. The molecule has 0 saturated carbocycles. The van der Waals surface area contributed by atoms with Crippen LogP contribution in [0.2, 0.25) is 0 Å². The van der Waals surface area contributed by atoms with E-state index in [0.717, 1.165) is 24.7 Å². The highest BCUT2D eigenvalue weighted by molar-refractivity contribution is 7.89. The van der Waals surface area contributed by atoms with Gasteiger partial charge in [0, 0.05) is 25.3 Å². The van der Waals surface area contributed by atoms with Gasteiger partial charge in [-0.2, -0.15) is 0 Å². The van der Waals surface area contributed by atoms with Crippen LogP contribution in [0.15, 0.2) is 53.4 Å². The summed E-state index contributed by atoms with van der Waals surface area (Å²) in [7, 11) is -3.82. The fraction of sp³-hybridized carbons (Fsp3) is 0.368. The van der Waals surface area contributed by atoms with Crippen molar-refractivity contribution < 1.29 is 12.8 Å². The van der Waals surface area contributed by atoms with Gasteiger partial charge in [-0.1, -0.05) is 24.3 Å². The van der Waals surface area contributed by atoms with Crippen LogP contribution in [-0.2, 0) is 16.4 Å². The first-order valence-electron chi connectivity index (χ1n) is 8.64. The quantitative estimate of drug-likeness (QED) is 0.857. The molecule has 0 radical (unpaired) electrons. The van der Waals surface area contributed by atoms with Gasteiger partial charge in [-0.15, -0.1) is 0 Å². The molecule has 6 heteroatoms. The first kappa shape index (κ1) is 17.9. The molecule has 0 bridgehead atoms. The topological polar surface area (TPSA) is 49.4 Å². The molecule has 4 nitrogen and oxygen atoms in total. The SMILES string of the molecule is O=S(=O)(NCCc1ccc(N2CCCCC2)cc1)c1ccccc1F. The van der Waals surface area contributed by atoms with Crippen molar-refractivity contribution in [3.63, 3.8) is 0 Å². The van der Waals surface area contributed by atoms with E-state index >= 15 is 0 Å². The summed E-state index contributed by atoms with van der Waals surface area (Å²) >= 11 is 0. The molecule has 3 rings (SSSR count). The van der Waals surface area contributed by atoms with E-state index in [1.807, 2.05) is 12.1 Å². The van der Waals surface area contributed by atoms with Gasteiger partial charge >= 0.3 is 0 Å². The van der Waals surface area contributed by atoms with Crippen LogP contribution in [0.1, 0.15) is 24.8 Å². The Bertz CT molecular complexity index is 800. The minimum Gasteiger partial charge on any atom is -0.372 e. The monoisotopic (exact) mass is 362 g/mol. The van der Waals surface area contributed by atoms with Crippen molar-refractivity contribution in [2.24, 2.45) is 0 Å². The van der Waals surface area contributed by atoms with Crippen molar-refractivity contribution in [2.75, 3.05) is 24.5 Å². The van der Waals surface area contributed by atoms with Gasteiger partial charge in [0.1, 0.15) is 10.7 Å². The summed E-state index contributed by atoms with van der Waals surface area (Å²) in [6.07, 6.45) is 4.34. The number of benzene rings is 2. The first-order valence-corrected chi connectivity index (χ1v) is 10.1. The molecule has 1 saturated heterocycles. The van der Waals surface area contributed by atoms with Crippen molar-refractivity contribution in [1.82, 2.24) is 4.72 Å². The zero-order valence-electron chi connectivity index (χ0n) is 14.1. The third-order valence-electron chi connectivity index (χ3n) is 4.49. The molecule has 134 valence electrons. The number of nitrogens with one attached hydrogen (secondary N) is 1. The smallest absolute Gasteiger partial charge is 0.243 e. The maximum absolute atomic E-state index is 13.6. The molecule has 1 aliphatic heterocycles. The number of hydrogen-bond acceptors (Lipinski definition) is 3. The van der Waals surface area contributed by atoms with Gasteiger partial charge in [0.15, 0.2) is 0 Å². The maximum Gasteiger partial charge on any atom is 0.243 e. The Labute approximate surface area is 148 Å². The van der Waals surface area contributed by atoms with Gasteiger partial charge < -0.3 is 4.90 Å². The Morgan fingerprint density at radius 3 is 2.32 bits per heavy atom. The normalized spacial score (nSPS) is 15.3. The van der Waals surface area contributed by atoms with E-state index in [4.69, 9.17) is 0 Å². The molecule has 2 aromatic carbocycles. The maximum atomic E-state index is 13.6. The molecule has 2 aromatic rings. The molecular weight excluding hydrogens is 339 g/mol. The molecule has 0 aromatic heterocycles. The van der Waals surface area contributed by atoms with E-state index in [1.165, 1.54) is 43.1 Å². The van der Waals surface area contributed by atoms with Crippen LogP contribution in [0.3, 0.4) is 0 Å². The lowest BCUT2D eigenvalue weighted by Gasteiger charge is -2.28. The number of sulfonamides is 1. The van der Waals surface area contributed by atoms with Crippen molar-refractivity contribution in [3.05, 3.63) is 59.9 Å². The van der Waals surface area contributed by atoms with Crippen LogP contribution in [0.5, 0.6) is 0 Å². The number of halogens is 1. The van der Waals surface area contributed by atoms with Gasteiger partial charge in [0.25, 0.3) is 0 Å². The number of hydrogen-bond donors (Lipinski definition) is 1. The highest BCUT2D eigenvalue weighted by atomic mass is 32.2. The fourth-order valence-electron chi connectivity index (χ4n) is 3.10. The molecular formula is C19H23FN2O2S. The fourth-order valence-corrected chi connectivity index (χ4v) is 4.20. The van der Waals surface area contributed by atoms with Gasteiger partial charge in [-0.25, -0.2) is 17.5 Å². The zero-order chi connectivity index (χ0) is 17.7. The summed E-state index contributed by atoms with van der Waals surface area (Å²) in [5, 5.41) is 0. The largest absolute Gasteiger partial charge is 0.372 e. The van der Waals surface area contributed by atoms with Crippen LogP contribution in [0.4, 0.5) is 10.1 Å². The molecule has 0 amide bonds. The Morgan fingerprint density at radius 2 is 1.64 bits per heavy atom. The van der Waals surface area contributed by atoms with E-state index in [2.05, 4.69) is 21.8 Å². The van der Waals surface area contributed by atoms with Gasteiger partial charge in [0.05, 0.1) is 0 Å². The highest BCUT2D eigenvalue weighted by Gasteiger charge is 2.17. The first-order chi connectivity index (χ1) is 12.1. The number of nitrogens with zero attached hydrogens (tertiary/aromatic N) is 1. The summed E-state index contributed by atoms with van der Waals surface area (Å²) in [5.74, 6) is -0.735. The van der Waals surface area contributed by atoms with E-state index in [1.54, 1.807) is 0 Å². The molecule has 1 N–H and O–H groups in total. The van der Waals surface area contributed by atoms with Crippen molar-refractivity contribution in [3.8, 4) is 0 Å². The van der Waals surface area contributed by atoms with Crippen LogP contribution in [-0.4, -0.2) is 28.1 Å². The van der Waals surface area contributed by atoms with Crippen LogP contribution in [0, 0.1) is 5.82 Å². The van der Waals surface area contributed by atoms with E-state index in [0.29, 0.717) is 6.42 Å². The molecule has 1 fully saturated rings. The third kappa shape index (κ3) is 4.58. The molecule has 1 aliphatic rings. The lowest BCUT2D eigenvalue weighted by atomic mass is 10.1. The second kappa shape index (κ2) is 7.97. The van der Waals surface area contributed by atoms with Crippen LogP contribution < -0.4 is 9.62 Å². The second-order valence-electron chi connectivity index (χ2n) is 6.29. The van der Waals surface area contributed by atoms with Gasteiger partial charge in [-0.3, -0.25) is 0 Å². The van der Waals surface area contributed by atoms with Crippen molar-refractivity contribution in [2.45, 2.75) is 30.6 Å². The number of anilines is 1. The number of rotatable bonds is 6. The summed E-state index contributed by atoms with van der Waals surface area (Å²) in [6, 6.07) is 13.6. The van der Waals surface area contributed by atoms with Gasteiger partial charge in [0.2, 0.25) is 10.0 Å². The standard InChI is InChI=1S/C19H23FN2O2S/c20-18-6-2-3-7-19(18)25(23,24)21-13-12-16-8-10-17(11-9-16)22-14-4-1-5-15-22/h2-3,6-11,21H,1,4-5,12-15H2. The van der Waals surface area contributed by atoms with Gasteiger partial charge in [-0.05, 0) is 55.5 Å². The highest BCUT2D eigenvalue weighted by Crippen LogP contribution is 2.20. The minimum absolute atomic E-state index is 0.236. The predicted molar refractivity (Wildman–Crippen MR) is 97.8 cm³/mol. The molecule has 0 spiro atoms.